The summed E-state index contributed by atoms with van der Waals surface area (Å²) in [6, 6.07) is 0.352. The highest BCUT2D eigenvalue weighted by molar-refractivity contribution is 6.31. The lowest BCUT2D eigenvalue weighted by Gasteiger charge is -2.26. The molecule has 0 aliphatic heterocycles. The molecule has 19 heavy (non-hydrogen) atoms. The molecule has 1 aliphatic carbocycles. The van der Waals surface area contributed by atoms with Gasteiger partial charge in [0.25, 0.3) is 0 Å². The first kappa shape index (κ1) is 14.3. The molecule has 1 aliphatic rings. The first-order valence-electron chi connectivity index (χ1n) is 6.54. The minimum Gasteiger partial charge on any atom is -0.480 e. The highest BCUT2D eigenvalue weighted by Crippen LogP contribution is 2.25. The summed E-state index contributed by atoms with van der Waals surface area (Å²) in [4.78, 5) is 11.4. The standard InChI is InChI=1S/C13H20ClN3O2/c1-8-11(14)9(2)17(16-8)7-6-13(3,12(18)19)15-10-4-5-10/h10,15H,4-7H2,1-3H3,(H,18,19). The van der Waals surface area contributed by atoms with E-state index in [1.54, 1.807) is 11.6 Å². The lowest BCUT2D eigenvalue weighted by molar-refractivity contribution is -0.144. The maximum Gasteiger partial charge on any atom is 0.323 e. The van der Waals surface area contributed by atoms with Crippen LogP contribution >= 0.6 is 11.6 Å². The van der Waals surface area contributed by atoms with Crippen molar-refractivity contribution in [2.75, 3.05) is 0 Å². The number of hydrogen-bond acceptors (Lipinski definition) is 3. The molecule has 1 saturated carbocycles. The molecule has 6 heteroatoms. The van der Waals surface area contributed by atoms with Crippen molar-refractivity contribution in [2.24, 2.45) is 0 Å². The van der Waals surface area contributed by atoms with Crippen molar-refractivity contribution in [1.29, 1.82) is 0 Å². The second-order valence-corrected chi connectivity index (χ2v) is 5.89. The van der Waals surface area contributed by atoms with Crippen LogP contribution in [0.15, 0.2) is 0 Å². The summed E-state index contributed by atoms with van der Waals surface area (Å²) < 4.78 is 1.79. The van der Waals surface area contributed by atoms with Crippen molar-refractivity contribution in [1.82, 2.24) is 15.1 Å². The fourth-order valence-corrected chi connectivity index (χ4v) is 2.28. The number of hydrogen-bond donors (Lipinski definition) is 2. The zero-order valence-corrected chi connectivity index (χ0v) is 12.3. The third kappa shape index (κ3) is 3.09. The average Bonchev–Trinajstić information content (AvgIpc) is 3.11. The number of carboxylic acids is 1. The van der Waals surface area contributed by atoms with Crippen molar-refractivity contribution >= 4 is 17.6 Å². The first-order valence-corrected chi connectivity index (χ1v) is 6.92. The molecule has 0 spiro atoms. The van der Waals surface area contributed by atoms with Crippen LogP contribution < -0.4 is 5.32 Å². The Balaban J connectivity index is 2.05. The molecule has 0 saturated heterocycles. The molecule has 1 heterocycles. The average molecular weight is 286 g/mol. The SMILES string of the molecule is Cc1nn(CCC(C)(NC2CC2)C(=O)O)c(C)c1Cl. The van der Waals surface area contributed by atoms with Crippen LogP contribution in [-0.4, -0.2) is 32.4 Å². The fourth-order valence-electron chi connectivity index (χ4n) is 2.14. The van der Waals surface area contributed by atoms with E-state index in [1.165, 1.54) is 0 Å². The van der Waals surface area contributed by atoms with Gasteiger partial charge < -0.3 is 5.11 Å². The number of carboxylic acid groups (broad SMARTS) is 1. The molecule has 1 unspecified atom stereocenters. The van der Waals surface area contributed by atoms with E-state index in [4.69, 9.17) is 11.6 Å². The summed E-state index contributed by atoms with van der Waals surface area (Å²) in [5.74, 6) is -0.813. The number of nitrogens with one attached hydrogen (secondary N) is 1. The van der Waals surface area contributed by atoms with E-state index in [-0.39, 0.29) is 0 Å². The van der Waals surface area contributed by atoms with Crippen molar-refractivity contribution < 1.29 is 9.90 Å². The Morgan fingerprint density at radius 1 is 1.58 bits per heavy atom. The third-order valence-electron chi connectivity index (χ3n) is 3.69. The quantitative estimate of drug-likeness (QED) is 0.840. The summed E-state index contributed by atoms with van der Waals surface area (Å²) in [6.45, 7) is 6.03. The minimum atomic E-state index is -0.903. The molecule has 0 aromatic carbocycles. The Morgan fingerprint density at radius 3 is 2.63 bits per heavy atom. The van der Waals surface area contributed by atoms with E-state index in [1.807, 2.05) is 13.8 Å². The number of halogens is 1. The number of aryl methyl sites for hydroxylation is 2. The van der Waals surface area contributed by atoms with Gasteiger partial charge >= 0.3 is 5.97 Å². The number of rotatable bonds is 6. The zero-order valence-electron chi connectivity index (χ0n) is 11.5. The van der Waals surface area contributed by atoms with Crippen LogP contribution in [0.4, 0.5) is 0 Å². The normalized spacial score (nSPS) is 18.3. The van der Waals surface area contributed by atoms with Crippen LogP contribution in [-0.2, 0) is 11.3 Å². The van der Waals surface area contributed by atoms with E-state index >= 15 is 0 Å². The molecule has 1 aromatic heterocycles. The van der Waals surface area contributed by atoms with Gasteiger partial charge in [0.2, 0.25) is 0 Å². The molecule has 1 atom stereocenters. The maximum absolute atomic E-state index is 11.4. The Labute approximate surface area is 117 Å². The van der Waals surface area contributed by atoms with Crippen molar-refractivity contribution in [3.05, 3.63) is 16.4 Å². The molecule has 5 nitrogen and oxygen atoms in total. The first-order chi connectivity index (χ1) is 8.83. The molecule has 0 radical (unpaired) electrons. The van der Waals surface area contributed by atoms with Gasteiger partial charge in [0.15, 0.2) is 0 Å². The summed E-state index contributed by atoms with van der Waals surface area (Å²) in [6.07, 6.45) is 2.61. The molecule has 0 bridgehead atoms. The monoisotopic (exact) mass is 285 g/mol. The van der Waals surface area contributed by atoms with Crippen molar-refractivity contribution in [3.8, 4) is 0 Å². The fraction of sp³-hybridized carbons (Fsp3) is 0.692. The van der Waals surface area contributed by atoms with Crippen LogP contribution in [0.5, 0.6) is 0 Å². The molecule has 106 valence electrons. The van der Waals surface area contributed by atoms with Gasteiger partial charge in [0.05, 0.1) is 16.4 Å². The number of nitrogens with zero attached hydrogens (tertiary/aromatic N) is 2. The van der Waals surface area contributed by atoms with Crippen LogP contribution in [0.2, 0.25) is 5.02 Å². The van der Waals surface area contributed by atoms with Gasteiger partial charge in [0, 0.05) is 12.6 Å². The van der Waals surface area contributed by atoms with E-state index in [9.17, 15) is 9.90 Å². The van der Waals surface area contributed by atoms with E-state index in [0.717, 1.165) is 24.2 Å². The van der Waals surface area contributed by atoms with Gasteiger partial charge in [0.1, 0.15) is 5.54 Å². The van der Waals surface area contributed by atoms with Gasteiger partial charge in [-0.2, -0.15) is 5.10 Å². The smallest absolute Gasteiger partial charge is 0.323 e. The van der Waals surface area contributed by atoms with Gasteiger partial charge in [-0.05, 0) is 40.0 Å². The zero-order chi connectivity index (χ0) is 14.2. The molecule has 2 rings (SSSR count). The highest BCUT2D eigenvalue weighted by Gasteiger charge is 2.38. The predicted octanol–water partition coefficient (Wildman–Crippen LogP) is 2.14. The summed E-state index contributed by atoms with van der Waals surface area (Å²) >= 11 is 6.09. The Kier molecular flexibility index (Phi) is 3.87. The van der Waals surface area contributed by atoms with Crippen LogP contribution in [0.25, 0.3) is 0 Å². The molecule has 0 amide bonds. The number of carbonyl (C=O) groups is 1. The second-order valence-electron chi connectivity index (χ2n) is 5.51. The molecule has 1 fully saturated rings. The number of aromatic nitrogens is 2. The summed E-state index contributed by atoms with van der Waals surface area (Å²) in [5.41, 5.74) is 0.768. The van der Waals surface area contributed by atoms with Gasteiger partial charge in [-0.15, -0.1) is 0 Å². The Hall–Kier alpha value is -1.07. The topological polar surface area (TPSA) is 67.2 Å². The van der Waals surface area contributed by atoms with E-state index < -0.39 is 11.5 Å². The van der Waals surface area contributed by atoms with E-state index in [2.05, 4.69) is 10.4 Å². The molecular weight excluding hydrogens is 266 g/mol. The maximum atomic E-state index is 11.4. The largest absolute Gasteiger partial charge is 0.480 e. The summed E-state index contributed by atoms with van der Waals surface area (Å²) in [7, 11) is 0. The highest BCUT2D eigenvalue weighted by atomic mass is 35.5. The predicted molar refractivity (Wildman–Crippen MR) is 73.5 cm³/mol. The van der Waals surface area contributed by atoms with Gasteiger partial charge in [-0.3, -0.25) is 14.8 Å². The lowest BCUT2D eigenvalue weighted by atomic mass is 9.98. The molecule has 1 aromatic rings. The number of aliphatic carboxylic acids is 1. The van der Waals surface area contributed by atoms with Crippen molar-refractivity contribution in [3.63, 3.8) is 0 Å². The van der Waals surface area contributed by atoms with Gasteiger partial charge in [-0.1, -0.05) is 11.6 Å². The van der Waals surface area contributed by atoms with Crippen molar-refractivity contribution in [2.45, 2.75) is 58.2 Å². The van der Waals surface area contributed by atoms with Gasteiger partial charge in [-0.25, -0.2) is 0 Å². The Bertz CT molecular complexity index is 496. The molecule has 2 N–H and O–H groups in total. The van der Waals surface area contributed by atoms with Crippen LogP contribution in [0.3, 0.4) is 0 Å². The third-order valence-corrected chi connectivity index (χ3v) is 4.24. The van der Waals surface area contributed by atoms with E-state index in [0.29, 0.717) is 24.0 Å². The van der Waals surface area contributed by atoms with Crippen LogP contribution in [0.1, 0.15) is 37.6 Å². The molecular formula is C13H20ClN3O2. The lowest BCUT2D eigenvalue weighted by Crippen LogP contribution is -2.51. The van der Waals surface area contributed by atoms with Crippen LogP contribution in [0, 0.1) is 13.8 Å². The second kappa shape index (κ2) is 5.13. The minimum absolute atomic E-state index is 0.352. The summed E-state index contributed by atoms with van der Waals surface area (Å²) in [5, 5.41) is 17.6. The Morgan fingerprint density at radius 2 is 2.21 bits per heavy atom.